The molecule has 23 heavy (non-hydrogen) atoms. The van der Waals surface area contributed by atoms with Gasteiger partial charge in [-0.2, -0.15) is 0 Å². The second-order valence-corrected chi connectivity index (χ2v) is 6.11. The summed E-state index contributed by atoms with van der Waals surface area (Å²) in [6.45, 7) is 3.87. The van der Waals surface area contributed by atoms with E-state index >= 15 is 0 Å². The summed E-state index contributed by atoms with van der Waals surface area (Å²) in [5.41, 5.74) is 8.29. The molecule has 0 saturated carbocycles. The fraction of sp³-hybridized carbons (Fsp3) is 0.278. The minimum Gasteiger partial charge on any atom is -0.377 e. The first-order valence-electron chi connectivity index (χ1n) is 7.62. The molecule has 1 amide bonds. The molecule has 2 aromatic carbocycles. The Morgan fingerprint density at radius 1 is 1.17 bits per heavy atom. The maximum Gasteiger partial charge on any atom is 0.225 e. The first-order chi connectivity index (χ1) is 11.0. The van der Waals surface area contributed by atoms with Gasteiger partial charge in [0, 0.05) is 24.2 Å². The van der Waals surface area contributed by atoms with Crippen LogP contribution in [-0.2, 0) is 4.79 Å². The molecule has 122 valence electrons. The van der Waals surface area contributed by atoms with E-state index in [1.54, 1.807) is 13.0 Å². The normalized spacial score (nSPS) is 13.2. The molecule has 0 aliphatic rings. The number of nitrogens with one attached hydrogen (secondary N) is 2. The molecular formula is C18H22ClN3O. The van der Waals surface area contributed by atoms with Gasteiger partial charge < -0.3 is 16.4 Å². The summed E-state index contributed by atoms with van der Waals surface area (Å²) in [5.74, 6) is -0.116. The highest BCUT2D eigenvalue weighted by atomic mass is 35.5. The van der Waals surface area contributed by atoms with Crippen LogP contribution in [-0.4, -0.2) is 11.9 Å². The Kier molecular flexibility index (Phi) is 6.02. The molecular weight excluding hydrogens is 310 g/mol. The lowest BCUT2D eigenvalue weighted by Crippen LogP contribution is -2.23. The minimum atomic E-state index is -0.168. The van der Waals surface area contributed by atoms with Gasteiger partial charge >= 0.3 is 0 Å². The van der Waals surface area contributed by atoms with E-state index in [-0.39, 0.29) is 24.4 Å². The van der Waals surface area contributed by atoms with Crippen LogP contribution in [0.15, 0.2) is 48.5 Å². The first kappa shape index (κ1) is 17.3. The third kappa shape index (κ3) is 5.27. The van der Waals surface area contributed by atoms with Crippen molar-refractivity contribution in [1.82, 2.24) is 0 Å². The number of anilines is 2. The van der Waals surface area contributed by atoms with Crippen molar-refractivity contribution in [1.29, 1.82) is 0 Å². The molecule has 0 spiro atoms. The summed E-state index contributed by atoms with van der Waals surface area (Å²) in [4.78, 5) is 11.7. The largest absolute Gasteiger partial charge is 0.377 e. The highest BCUT2D eigenvalue weighted by molar-refractivity contribution is 6.33. The van der Waals surface area contributed by atoms with Crippen LogP contribution in [0, 0.1) is 0 Å². The van der Waals surface area contributed by atoms with Gasteiger partial charge in [-0.05, 0) is 37.6 Å². The molecule has 2 atom stereocenters. The zero-order valence-corrected chi connectivity index (χ0v) is 14.1. The number of rotatable bonds is 6. The molecule has 4 nitrogen and oxygen atoms in total. The van der Waals surface area contributed by atoms with Crippen LogP contribution in [0.3, 0.4) is 0 Å². The van der Waals surface area contributed by atoms with E-state index in [1.807, 2.05) is 30.3 Å². The zero-order chi connectivity index (χ0) is 16.8. The van der Waals surface area contributed by atoms with Crippen molar-refractivity contribution in [2.24, 2.45) is 5.73 Å². The molecule has 0 aliphatic heterocycles. The monoisotopic (exact) mass is 331 g/mol. The molecule has 0 radical (unpaired) electrons. The molecule has 2 unspecified atom stereocenters. The van der Waals surface area contributed by atoms with Crippen molar-refractivity contribution < 1.29 is 4.79 Å². The lowest BCUT2D eigenvalue weighted by molar-refractivity contribution is -0.116. The van der Waals surface area contributed by atoms with E-state index in [0.29, 0.717) is 10.7 Å². The molecule has 0 aromatic heterocycles. The fourth-order valence-corrected chi connectivity index (χ4v) is 2.51. The summed E-state index contributed by atoms with van der Waals surface area (Å²) >= 11 is 6.31. The van der Waals surface area contributed by atoms with Crippen LogP contribution in [0.25, 0.3) is 0 Å². The minimum absolute atomic E-state index is 0.116. The SMILES string of the molecule is CC(N)CC(=O)Nc1ccc(NC(C)c2ccccc2)c(Cl)c1. The van der Waals surface area contributed by atoms with Gasteiger partial charge in [0.1, 0.15) is 0 Å². The Balaban J connectivity index is 2.03. The van der Waals surface area contributed by atoms with E-state index in [2.05, 4.69) is 29.7 Å². The molecule has 5 heteroatoms. The van der Waals surface area contributed by atoms with Crippen molar-refractivity contribution in [2.45, 2.75) is 32.4 Å². The summed E-state index contributed by atoms with van der Waals surface area (Å²) in [6.07, 6.45) is 0.280. The van der Waals surface area contributed by atoms with Crippen LogP contribution >= 0.6 is 11.6 Å². The highest BCUT2D eigenvalue weighted by Crippen LogP contribution is 2.29. The molecule has 0 saturated heterocycles. The molecule has 2 rings (SSSR count). The second-order valence-electron chi connectivity index (χ2n) is 5.70. The number of hydrogen-bond donors (Lipinski definition) is 3. The van der Waals surface area contributed by atoms with Crippen molar-refractivity contribution in [2.75, 3.05) is 10.6 Å². The predicted molar refractivity (Wildman–Crippen MR) is 96.8 cm³/mol. The molecule has 0 fully saturated rings. The Bertz CT molecular complexity index is 659. The number of amides is 1. The van der Waals surface area contributed by atoms with Gasteiger partial charge in [0.15, 0.2) is 0 Å². The van der Waals surface area contributed by atoms with E-state index in [1.165, 1.54) is 5.56 Å². The average Bonchev–Trinajstić information content (AvgIpc) is 2.50. The van der Waals surface area contributed by atoms with Crippen LogP contribution < -0.4 is 16.4 Å². The lowest BCUT2D eigenvalue weighted by atomic mass is 10.1. The Hall–Kier alpha value is -2.04. The maximum atomic E-state index is 11.7. The van der Waals surface area contributed by atoms with Crippen LogP contribution in [0.4, 0.5) is 11.4 Å². The van der Waals surface area contributed by atoms with E-state index < -0.39 is 0 Å². The van der Waals surface area contributed by atoms with Crippen molar-refractivity contribution in [3.63, 3.8) is 0 Å². The van der Waals surface area contributed by atoms with E-state index in [9.17, 15) is 4.79 Å². The Labute approximate surface area is 142 Å². The number of nitrogens with two attached hydrogens (primary N) is 1. The molecule has 4 N–H and O–H groups in total. The number of benzene rings is 2. The molecule has 0 heterocycles. The maximum absolute atomic E-state index is 11.7. The summed E-state index contributed by atoms with van der Waals surface area (Å²) in [5, 5.41) is 6.73. The zero-order valence-electron chi connectivity index (χ0n) is 13.3. The smallest absolute Gasteiger partial charge is 0.225 e. The van der Waals surface area contributed by atoms with Gasteiger partial charge in [0.25, 0.3) is 0 Å². The number of carbonyl (C=O) groups excluding carboxylic acids is 1. The fourth-order valence-electron chi connectivity index (χ4n) is 2.27. The van der Waals surface area contributed by atoms with Crippen LogP contribution in [0.2, 0.25) is 5.02 Å². The van der Waals surface area contributed by atoms with Gasteiger partial charge in [-0.25, -0.2) is 0 Å². The van der Waals surface area contributed by atoms with Crippen molar-refractivity contribution in [3.05, 3.63) is 59.1 Å². The van der Waals surface area contributed by atoms with Gasteiger partial charge in [0.2, 0.25) is 5.91 Å². The van der Waals surface area contributed by atoms with Gasteiger partial charge in [-0.15, -0.1) is 0 Å². The Morgan fingerprint density at radius 2 is 1.87 bits per heavy atom. The lowest BCUT2D eigenvalue weighted by Gasteiger charge is -2.17. The van der Waals surface area contributed by atoms with E-state index in [4.69, 9.17) is 17.3 Å². The summed E-state index contributed by atoms with van der Waals surface area (Å²) in [7, 11) is 0. The van der Waals surface area contributed by atoms with Crippen LogP contribution in [0.1, 0.15) is 31.9 Å². The number of hydrogen-bond acceptors (Lipinski definition) is 3. The number of carbonyl (C=O) groups is 1. The second kappa shape index (κ2) is 7.99. The van der Waals surface area contributed by atoms with Crippen molar-refractivity contribution >= 4 is 28.9 Å². The quantitative estimate of drug-likeness (QED) is 0.743. The molecule has 2 aromatic rings. The highest BCUT2D eigenvalue weighted by Gasteiger charge is 2.10. The molecule has 0 bridgehead atoms. The van der Waals surface area contributed by atoms with E-state index in [0.717, 1.165) is 5.69 Å². The summed E-state index contributed by atoms with van der Waals surface area (Å²) in [6, 6.07) is 15.5. The van der Waals surface area contributed by atoms with Crippen molar-refractivity contribution in [3.8, 4) is 0 Å². The molecule has 0 aliphatic carbocycles. The third-order valence-electron chi connectivity index (χ3n) is 3.43. The topological polar surface area (TPSA) is 67.2 Å². The average molecular weight is 332 g/mol. The third-order valence-corrected chi connectivity index (χ3v) is 3.74. The van der Waals surface area contributed by atoms with Gasteiger partial charge in [0.05, 0.1) is 10.7 Å². The summed E-state index contributed by atoms with van der Waals surface area (Å²) < 4.78 is 0. The van der Waals surface area contributed by atoms with Gasteiger partial charge in [-0.1, -0.05) is 41.9 Å². The Morgan fingerprint density at radius 3 is 2.48 bits per heavy atom. The van der Waals surface area contributed by atoms with Gasteiger partial charge in [-0.3, -0.25) is 4.79 Å². The van der Waals surface area contributed by atoms with Crippen LogP contribution in [0.5, 0.6) is 0 Å². The first-order valence-corrected chi connectivity index (χ1v) is 8.00. The standard InChI is InChI=1S/C18H22ClN3O/c1-12(20)10-18(23)22-15-8-9-17(16(19)11-15)21-13(2)14-6-4-3-5-7-14/h3-9,11-13,21H,10,20H2,1-2H3,(H,22,23). The number of halogens is 1. The predicted octanol–water partition coefficient (Wildman–Crippen LogP) is 4.19.